The smallest absolute Gasteiger partial charge is 0.251 e. The van der Waals surface area contributed by atoms with Crippen molar-refractivity contribution in [2.24, 2.45) is 0 Å². The molecule has 4 aromatic rings. The van der Waals surface area contributed by atoms with Crippen LogP contribution in [0, 0.1) is 12.7 Å². The van der Waals surface area contributed by atoms with Gasteiger partial charge in [0.05, 0.1) is 0 Å². The van der Waals surface area contributed by atoms with Crippen LogP contribution in [-0.4, -0.2) is 22.4 Å². The van der Waals surface area contributed by atoms with Crippen molar-refractivity contribution in [3.05, 3.63) is 76.7 Å². The fourth-order valence-corrected chi connectivity index (χ4v) is 3.82. The maximum Gasteiger partial charge on any atom is 0.251 e. The molecule has 0 aliphatic rings. The van der Waals surface area contributed by atoms with E-state index in [-0.39, 0.29) is 11.7 Å². The number of aryl methyl sites for hydroxylation is 1. The van der Waals surface area contributed by atoms with E-state index >= 15 is 0 Å². The van der Waals surface area contributed by atoms with E-state index < -0.39 is 0 Å². The van der Waals surface area contributed by atoms with Gasteiger partial charge in [-0.1, -0.05) is 12.1 Å². The zero-order chi connectivity index (χ0) is 18.8. The Bertz CT molecular complexity index is 1100. The van der Waals surface area contributed by atoms with Crippen molar-refractivity contribution in [1.82, 2.24) is 15.3 Å². The van der Waals surface area contributed by atoms with E-state index in [2.05, 4.69) is 15.3 Å². The number of hydrogen-bond donors (Lipinski definition) is 2. The molecule has 27 heavy (non-hydrogen) atoms. The van der Waals surface area contributed by atoms with Crippen LogP contribution in [0.1, 0.15) is 21.6 Å². The number of halogens is 1. The van der Waals surface area contributed by atoms with Gasteiger partial charge in [-0.3, -0.25) is 4.79 Å². The number of aromatic amines is 1. The van der Waals surface area contributed by atoms with E-state index in [4.69, 9.17) is 0 Å². The molecule has 0 unspecified atom stereocenters. The summed E-state index contributed by atoms with van der Waals surface area (Å²) in [5.74, 6) is -0.384. The molecule has 0 aliphatic heterocycles. The Balaban J connectivity index is 1.38. The van der Waals surface area contributed by atoms with Crippen LogP contribution in [0.25, 0.3) is 21.5 Å². The Labute approximate surface area is 160 Å². The van der Waals surface area contributed by atoms with Crippen LogP contribution in [0.3, 0.4) is 0 Å². The molecule has 2 N–H and O–H groups in total. The zero-order valence-electron chi connectivity index (χ0n) is 14.8. The Morgan fingerprint density at radius 1 is 1.22 bits per heavy atom. The lowest BCUT2D eigenvalue weighted by Crippen LogP contribution is -2.25. The summed E-state index contributed by atoms with van der Waals surface area (Å²) in [7, 11) is 0. The number of benzene rings is 2. The Morgan fingerprint density at radius 3 is 2.78 bits per heavy atom. The van der Waals surface area contributed by atoms with Crippen molar-refractivity contribution < 1.29 is 9.18 Å². The second kappa shape index (κ2) is 7.32. The maximum atomic E-state index is 13.4. The minimum Gasteiger partial charge on any atom is -0.361 e. The van der Waals surface area contributed by atoms with Crippen molar-refractivity contribution in [2.75, 3.05) is 6.54 Å². The molecule has 2 aromatic heterocycles. The van der Waals surface area contributed by atoms with Crippen LogP contribution in [0.15, 0.2) is 54.0 Å². The third kappa shape index (κ3) is 3.75. The molecule has 2 aromatic carbocycles. The van der Waals surface area contributed by atoms with Gasteiger partial charge in [0.15, 0.2) is 0 Å². The molecule has 0 radical (unpaired) electrons. The van der Waals surface area contributed by atoms with E-state index in [1.807, 2.05) is 42.8 Å². The summed E-state index contributed by atoms with van der Waals surface area (Å²) in [4.78, 5) is 19.9. The van der Waals surface area contributed by atoms with Crippen molar-refractivity contribution >= 4 is 28.1 Å². The van der Waals surface area contributed by atoms with Crippen molar-refractivity contribution in [1.29, 1.82) is 0 Å². The summed E-state index contributed by atoms with van der Waals surface area (Å²) >= 11 is 1.59. The van der Waals surface area contributed by atoms with E-state index in [0.29, 0.717) is 18.5 Å². The number of nitrogens with zero attached hydrogens (tertiary/aromatic N) is 1. The van der Waals surface area contributed by atoms with Crippen molar-refractivity contribution in [3.63, 3.8) is 0 Å². The van der Waals surface area contributed by atoms with Gasteiger partial charge in [-0.15, -0.1) is 11.3 Å². The van der Waals surface area contributed by atoms with Gasteiger partial charge < -0.3 is 10.3 Å². The topological polar surface area (TPSA) is 57.8 Å². The minimum absolute atomic E-state index is 0.122. The van der Waals surface area contributed by atoms with Gasteiger partial charge in [0.25, 0.3) is 5.91 Å². The van der Waals surface area contributed by atoms with Gasteiger partial charge >= 0.3 is 0 Å². The molecular weight excluding hydrogens is 361 g/mol. The molecule has 2 heterocycles. The summed E-state index contributed by atoms with van der Waals surface area (Å²) in [6, 6.07) is 12.1. The Hall–Kier alpha value is -2.99. The summed E-state index contributed by atoms with van der Waals surface area (Å²) < 4.78 is 13.4. The number of thiazole rings is 1. The molecule has 0 saturated carbocycles. The standard InChI is InChI=1S/C21H18FN3OS/c1-13-12-27-21(25-13)15-4-2-14(3-5-15)20(26)23-9-8-16-11-24-19-7-6-17(22)10-18(16)19/h2-7,10-12,24H,8-9H2,1H3,(H,23,26). The molecule has 0 fully saturated rings. The fourth-order valence-electron chi connectivity index (χ4n) is 3.02. The first-order chi connectivity index (χ1) is 13.1. The van der Waals surface area contributed by atoms with Crippen LogP contribution in [0.4, 0.5) is 4.39 Å². The number of carbonyl (C=O) groups is 1. The first-order valence-corrected chi connectivity index (χ1v) is 9.54. The quantitative estimate of drug-likeness (QED) is 0.527. The van der Waals surface area contributed by atoms with Crippen LogP contribution < -0.4 is 5.32 Å². The number of H-pyrrole nitrogens is 1. The van der Waals surface area contributed by atoms with Crippen molar-refractivity contribution in [3.8, 4) is 10.6 Å². The number of hydrogen-bond acceptors (Lipinski definition) is 3. The second-order valence-electron chi connectivity index (χ2n) is 6.38. The lowest BCUT2D eigenvalue weighted by molar-refractivity contribution is 0.0954. The third-order valence-corrected chi connectivity index (χ3v) is 5.43. The molecule has 6 heteroatoms. The lowest BCUT2D eigenvalue weighted by Gasteiger charge is -2.06. The fraction of sp³-hybridized carbons (Fsp3) is 0.143. The highest BCUT2D eigenvalue weighted by Crippen LogP contribution is 2.24. The average molecular weight is 379 g/mol. The van der Waals surface area contributed by atoms with Gasteiger partial charge in [0, 0.05) is 45.8 Å². The highest BCUT2D eigenvalue weighted by Gasteiger charge is 2.09. The Kier molecular flexibility index (Phi) is 4.73. The number of aromatic nitrogens is 2. The third-order valence-electron chi connectivity index (χ3n) is 4.42. The second-order valence-corrected chi connectivity index (χ2v) is 7.24. The minimum atomic E-state index is -0.261. The van der Waals surface area contributed by atoms with Gasteiger partial charge in [-0.2, -0.15) is 0 Å². The first kappa shape index (κ1) is 17.4. The van der Waals surface area contributed by atoms with E-state index in [0.717, 1.165) is 32.7 Å². The number of fused-ring (bicyclic) bond motifs is 1. The normalized spacial score (nSPS) is 11.0. The van der Waals surface area contributed by atoms with Gasteiger partial charge in [0.1, 0.15) is 10.8 Å². The highest BCUT2D eigenvalue weighted by molar-refractivity contribution is 7.13. The molecular formula is C21H18FN3OS. The number of nitrogens with one attached hydrogen (secondary N) is 2. The summed E-state index contributed by atoms with van der Waals surface area (Å²) in [5, 5.41) is 6.73. The first-order valence-electron chi connectivity index (χ1n) is 8.66. The summed E-state index contributed by atoms with van der Waals surface area (Å²) in [6.45, 7) is 2.44. The largest absolute Gasteiger partial charge is 0.361 e. The van der Waals surface area contributed by atoms with E-state index in [1.54, 1.807) is 17.4 Å². The highest BCUT2D eigenvalue weighted by atomic mass is 32.1. The van der Waals surface area contributed by atoms with E-state index in [1.165, 1.54) is 12.1 Å². The molecule has 0 aliphatic carbocycles. The van der Waals surface area contributed by atoms with Crippen LogP contribution in [0.2, 0.25) is 0 Å². The zero-order valence-corrected chi connectivity index (χ0v) is 15.6. The van der Waals surface area contributed by atoms with Gasteiger partial charge in [0.2, 0.25) is 0 Å². The van der Waals surface area contributed by atoms with Gasteiger partial charge in [-0.05, 0) is 49.2 Å². The van der Waals surface area contributed by atoms with Crippen LogP contribution >= 0.6 is 11.3 Å². The lowest BCUT2D eigenvalue weighted by atomic mass is 10.1. The predicted octanol–water partition coefficient (Wildman–Crippen LogP) is 4.71. The van der Waals surface area contributed by atoms with Crippen LogP contribution in [-0.2, 0) is 6.42 Å². The van der Waals surface area contributed by atoms with Crippen LogP contribution in [0.5, 0.6) is 0 Å². The van der Waals surface area contributed by atoms with Gasteiger partial charge in [-0.25, -0.2) is 9.37 Å². The molecule has 0 saturated heterocycles. The molecule has 4 rings (SSSR count). The number of amides is 1. The summed E-state index contributed by atoms with van der Waals surface area (Å²) in [5.41, 5.74) is 4.49. The monoisotopic (exact) mass is 379 g/mol. The molecule has 0 atom stereocenters. The SMILES string of the molecule is Cc1csc(-c2ccc(C(=O)NCCc3c[nH]c4ccc(F)cc34)cc2)n1. The van der Waals surface area contributed by atoms with E-state index in [9.17, 15) is 9.18 Å². The number of carbonyl (C=O) groups excluding carboxylic acids is 1. The Morgan fingerprint density at radius 2 is 2.04 bits per heavy atom. The predicted molar refractivity (Wildman–Crippen MR) is 107 cm³/mol. The maximum absolute atomic E-state index is 13.4. The molecule has 4 nitrogen and oxygen atoms in total. The average Bonchev–Trinajstić information content (AvgIpc) is 3.28. The molecule has 0 spiro atoms. The summed E-state index contributed by atoms with van der Waals surface area (Å²) in [6.07, 6.45) is 2.49. The molecule has 0 bridgehead atoms. The molecule has 136 valence electrons. The molecule has 1 amide bonds. The van der Waals surface area contributed by atoms with Crippen molar-refractivity contribution in [2.45, 2.75) is 13.3 Å². The number of rotatable bonds is 5.